The second-order valence-corrected chi connectivity index (χ2v) is 14.2. The van der Waals surface area contributed by atoms with Crippen molar-refractivity contribution in [2.45, 2.75) is 51.6 Å². The predicted octanol–water partition coefficient (Wildman–Crippen LogP) is 5.85. The molecule has 36 heavy (non-hydrogen) atoms. The highest BCUT2D eigenvalue weighted by Gasteiger charge is 2.50. The van der Waals surface area contributed by atoms with E-state index in [0.717, 1.165) is 24.3 Å². The lowest BCUT2D eigenvalue weighted by Crippen LogP contribution is -2.66. The van der Waals surface area contributed by atoms with Crippen molar-refractivity contribution >= 4 is 30.4 Å². The summed E-state index contributed by atoms with van der Waals surface area (Å²) in [5, 5.41) is 5.80. The molecule has 0 amide bonds. The van der Waals surface area contributed by atoms with Crippen molar-refractivity contribution in [1.29, 1.82) is 0 Å². The summed E-state index contributed by atoms with van der Waals surface area (Å²) < 4.78 is 17.9. The molecule has 0 fully saturated rings. The van der Waals surface area contributed by atoms with Crippen molar-refractivity contribution in [3.63, 3.8) is 0 Å². The first-order valence-corrected chi connectivity index (χ1v) is 14.5. The SMILES string of the molecule is CC[C@H](CCO[Si](c1ccccc1)(c1ccccc1)C(C)(C)C)N=C(Nc1ccc(OC)cc1)OC. The fraction of sp³-hybridized carbons (Fsp3) is 0.367. The second kappa shape index (κ2) is 12.7. The zero-order valence-electron chi connectivity index (χ0n) is 22.5. The van der Waals surface area contributed by atoms with Crippen LogP contribution in [0.4, 0.5) is 5.69 Å². The number of methoxy groups -OCH3 is 2. The summed E-state index contributed by atoms with van der Waals surface area (Å²) in [5.74, 6) is 0.809. The molecule has 0 radical (unpaired) electrons. The first-order valence-electron chi connectivity index (χ1n) is 12.6. The Labute approximate surface area is 217 Å². The molecular weight excluding hydrogens is 464 g/mol. The molecule has 0 heterocycles. The minimum atomic E-state index is -2.55. The van der Waals surface area contributed by atoms with Crippen LogP contribution in [0.5, 0.6) is 5.75 Å². The fourth-order valence-corrected chi connectivity index (χ4v) is 9.15. The Balaban J connectivity index is 1.81. The van der Waals surface area contributed by atoms with E-state index in [2.05, 4.69) is 93.7 Å². The molecule has 3 aromatic rings. The van der Waals surface area contributed by atoms with Crippen molar-refractivity contribution in [3.8, 4) is 5.75 Å². The van der Waals surface area contributed by atoms with Crippen LogP contribution in [0, 0.1) is 0 Å². The Morgan fingerprint density at radius 2 is 1.42 bits per heavy atom. The largest absolute Gasteiger partial charge is 0.497 e. The minimum Gasteiger partial charge on any atom is -0.497 e. The molecule has 1 atom stereocenters. The Morgan fingerprint density at radius 1 is 0.861 bits per heavy atom. The standard InChI is InChI=1S/C30H40N2O3Si/c1-7-24(31-29(34-6)32-25-18-20-26(33-5)21-19-25)22-23-35-36(30(2,3)4,27-14-10-8-11-15-27)28-16-12-9-13-17-28/h8-21,24H,7,22-23H2,1-6H3,(H,31,32)/t24-/m1/s1. The van der Waals surface area contributed by atoms with Gasteiger partial charge in [-0.05, 0) is 52.5 Å². The molecule has 0 aliphatic rings. The summed E-state index contributed by atoms with van der Waals surface area (Å²) in [6, 6.07) is 29.8. The van der Waals surface area contributed by atoms with Gasteiger partial charge in [-0.2, -0.15) is 0 Å². The normalized spacial score (nSPS) is 13.2. The van der Waals surface area contributed by atoms with Crippen LogP contribution >= 0.6 is 0 Å². The number of amidine groups is 1. The van der Waals surface area contributed by atoms with E-state index < -0.39 is 8.32 Å². The zero-order chi connectivity index (χ0) is 26.0. The number of rotatable bonds is 10. The number of hydrogen-bond acceptors (Lipinski definition) is 4. The summed E-state index contributed by atoms with van der Waals surface area (Å²) in [6.07, 6.45) is 1.69. The maximum atomic E-state index is 7.05. The van der Waals surface area contributed by atoms with Gasteiger partial charge >= 0.3 is 0 Å². The van der Waals surface area contributed by atoms with E-state index in [4.69, 9.17) is 18.9 Å². The van der Waals surface area contributed by atoms with Crippen LogP contribution in [-0.4, -0.2) is 41.2 Å². The van der Waals surface area contributed by atoms with Gasteiger partial charge in [0.05, 0.1) is 20.3 Å². The van der Waals surface area contributed by atoms with Crippen LogP contribution in [-0.2, 0) is 9.16 Å². The average Bonchev–Trinajstić information content (AvgIpc) is 2.90. The first kappa shape index (κ1) is 27.5. The molecule has 0 aromatic heterocycles. The molecule has 0 aliphatic carbocycles. The van der Waals surface area contributed by atoms with E-state index >= 15 is 0 Å². The third kappa shape index (κ3) is 6.56. The maximum absolute atomic E-state index is 7.05. The first-order chi connectivity index (χ1) is 17.3. The number of anilines is 1. The Kier molecular flexibility index (Phi) is 9.73. The number of benzene rings is 3. The van der Waals surface area contributed by atoms with Gasteiger partial charge in [-0.15, -0.1) is 0 Å². The van der Waals surface area contributed by atoms with Crippen molar-refractivity contribution in [2.75, 3.05) is 26.1 Å². The Hall–Kier alpha value is -3.09. The number of nitrogens with zero attached hydrogens (tertiary/aromatic N) is 1. The van der Waals surface area contributed by atoms with Gasteiger partial charge in [-0.1, -0.05) is 88.4 Å². The van der Waals surface area contributed by atoms with Gasteiger partial charge in [0.25, 0.3) is 14.3 Å². The van der Waals surface area contributed by atoms with E-state index in [-0.39, 0.29) is 11.1 Å². The topological polar surface area (TPSA) is 52.1 Å². The lowest BCUT2D eigenvalue weighted by Gasteiger charge is -2.43. The quantitative estimate of drug-likeness (QED) is 0.214. The van der Waals surface area contributed by atoms with Crippen LogP contribution < -0.4 is 20.4 Å². The smallest absolute Gasteiger partial charge is 0.289 e. The Bertz CT molecular complexity index is 1040. The fourth-order valence-electron chi connectivity index (χ4n) is 4.57. The third-order valence-electron chi connectivity index (χ3n) is 6.49. The van der Waals surface area contributed by atoms with E-state index in [1.54, 1.807) is 14.2 Å². The van der Waals surface area contributed by atoms with E-state index in [0.29, 0.717) is 12.6 Å². The number of nitrogens with one attached hydrogen (secondary N) is 1. The minimum absolute atomic E-state index is 0.0473. The van der Waals surface area contributed by atoms with Crippen molar-refractivity contribution in [1.82, 2.24) is 0 Å². The molecule has 0 saturated heterocycles. The highest BCUT2D eigenvalue weighted by molar-refractivity contribution is 6.99. The van der Waals surface area contributed by atoms with Gasteiger partial charge in [-0.3, -0.25) is 0 Å². The summed E-state index contributed by atoms with van der Waals surface area (Å²) >= 11 is 0. The Morgan fingerprint density at radius 3 is 1.86 bits per heavy atom. The molecule has 0 bridgehead atoms. The van der Waals surface area contributed by atoms with Gasteiger partial charge in [0, 0.05) is 12.3 Å². The third-order valence-corrected chi connectivity index (χ3v) is 11.5. The van der Waals surface area contributed by atoms with Gasteiger partial charge < -0.3 is 19.2 Å². The summed E-state index contributed by atoms with van der Waals surface area (Å²) in [5.41, 5.74) is 0.898. The molecule has 1 N–H and O–H groups in total. The van der Waals surface area contributed by atoms with E-state index in [1.165, 1.54) is 10.4 Å². The molecule has 3 aromatic carbocycles. The summed E-state index contributed by atoms with van der Waals surface area (Å²) in [7, 11) is 0.743. The highest BCUT2D eigenvalue weighted by Crippen LogP contribution is 2.36. The molecule has 5 nitrogen and oxygen atoms in total. The van der Waals surface area contributed by atoms with Crippen LogP contribution in [0.15, 0.2) is 89.9 Å². The molecule has 0 unspecified atom stereocenters. The van der Waals surface area contributed by atoms with Crippen LogP contribution in [0.3, 0.4) is 0 Å². The van der Waals surface area contributed by atoms with Crippen molar-refractivity contribution < 1.29 is 13.9 Å². The number of aliphatic imine (C=N–C) groups is 1. The highest BCUT2D eigenvalue weighted by atomic mass is 28.4. The predicted molar refractivity (Wildman–Crippen MR) is 153 cm³/mol. The van der Waals surface area contributed by atoms with Crippen LogP contribution in [0.1, 0.15) is 40.5 Å². The summed E-state index contributed by atoms with van der Waals surface area (Å²) in [4.78, 5) is 4.87. The van der Waals surface area contributed by atoms with E-state index in [9.17, 15) is 0 Å². The number of hydrogen-bond donors (Lipinski definition) is 1. The molecular formula is C30H40N2O3Si. The molecule has 0 aliphatic heterocycles. The maximum Gasteiger partial charge on any atom is 0.289 e. The summed E-state index contributed by atoms with van der Waals surface area (Å²) in [6.45, 7) is 9.68. The molecule has 192 valence electrons. The second-order valence-electron chi connectivity index (χ2n) is 9.85. The van der Waals surface area contributed by atoms with Gasteiger partial charge in [0.1, 0.15) is 5.75 Å². The van der Waals surface area contributed by atoms with E-state index in [1.807, 2.05) is 24.3 Å². The van der Waals surface area contributed by atoms with Crippen LogP contribution in [0.25, 0.3) is 0 Å². The van der Waals surface area contributed by atoms with Gasteiger partial charge in [0.15, 0.2) is 0 Å². The molecule has 6 heteroatoms. The zero-order valence-corrected chi connectivity index (χ0v) is 23.5. The molecule has 3 rings (SSSR count). The number of ether oxygens (including phenoxy) is 2. The molecule has 0 saturated carbocycles. The monoisotopic (exact) mass is 504 g/mol. The van der Waals surface area contributed by atoms with Gasteiger partial charge in [-0.25, -0.2) is 4.99 Å². The lowest BCUT2D eigenvalue weighted by atomic mass is 10.2. The van der Waals surface area contributed by atoms with Gasteiger partial charge in [0.2, 0.25) is 0 Å². The van der Waals surface area contributed by atoms with Crippen LogP contribution in [0.2, 0.25) is 5.04 Å². The molecule has 0 spiro atoms. The van der Waals surface area contributed by atoms with Crippen molar-refractivity contribution in [3.05, 3.63) is 84.9 Å². The van der Waals surface area contributed by atoms with Crippen molar-refractivity contribution in [2.24, 2.45) is 4.99 Å². The average molecular weight is 505 g/mol. The lowest BCUT2D eigenvalue weighted by molar-refractivity contribution is 0.278.